The molecule has 0 radical (unpaired) electrons. The summed E-state index contributed by atoms with van der Waals surface area (Å²) in [6.07, 6.45) is 2.93. The molecule has 0 unspecified atom stereocenters. The second-order valence-corrected chi connectivity index (χ2v) is 6.94. The zero-order chi connectivity index (χ0) is 19.2. The lowest BCUT2D eigenvalue weighted by atomic mass is 9.88. The molecule has 1 N–H and O–H groups in total. The van der Waals surface area contributed by atoms with Gasteiger partial charge >= 0.3 is 5.97 Å². The zero-order valence-electron chi connectivity index (χ0n) is 15.2. The summed E-state index contributed by atoms with van der Waals surface area (Å²) in [7, 11) is 1.52. The molecule has 5 nitrogen and oxygen atoms in total. The summed E-state index contributed by atoms with van der Waals surface area (Å²) in [6.45, 7) is -0.305. The first-order chi connectivity index (χ1) is 13.1. The fourth-order valence-electron chi connectivity index (χ4n) is 3.38. The van der Waals surface area contributed by atoms with Gasteiger partial charge < -0.3 is 14.8 Å². The maximum atomic E-state index is 12.2. The van der Waals surface area contributed by atoms with E-state index >= 15 is 0 Å². The van der Waals surface area contributed by atoms with Crippen molar-refractivity contribution < 1.29 is 19.1 Å². The molecule has 1 aliphatic rings. The summed E-state index contributed by atoms with van der Waals surface area (Å²) < 4.78 is 10.3. The largest absolute Gasteiger partial charge is 0.496 e. The van der Waals surface area contributed by atoms with Crippen molar-refractivity contribution >= 4 is 23.5 Å². The minimum atomic E-state index is -0.505. The molecule has 0 bridgehead atoms. The monoisotopic (exact) mass is 387 g/mol. The lowest BCUT2D eigenvalue weighted by molar-refractivity contribution is -0.148. The van der Waals surface area contributed by atoms with Crippen LogP contribution in [0.2, 0.25) is 5.02 Å². The Balaban J connectivity index is 1.53. The lowest BCUT2D eigenvalue weighted by Crippen LogP contribution is -2.34. The van der Waals surface area contributed by atoms with Gasteiger partial charge in [-0.15, -0.1) is 0 Å². The predicted molar refractivity (Wildman–Crippen MR) is 103 cm³/mol. The minimum absolute atomic E-state index is 0.0106. The third kappa shape index (κ3) is 5.01. The molecule has 142 valence electrons. The lowest BCUT2D eigenvalue weighted by Gasteiger charge is -2.26. The highest BCUT2D eigenvalue weighted by Gasteiger charge is 2.22. The van der Waals surface area contributed by atoms with E-state index in [0.29, 0.717) is 16.3 Å². The van der Waals surface area contributed by atoms with Crippen LogP contribution in [0.1, 0.15) is 35.6 Å². The number of methoxy groups -OCH3 is 1. The number of amides is 1. The molecular weight excluding hydrogens is 366 g/mol. The van der Waals surface area contributed by atoms with Crippen LogP contribution in [0.4, 0.5) is 0 Å². The predicted octanol–water partition coefficient (Wildman–Crippen LogP) is 3.63. The summed E-state index contributed by atoms with van der Waals surface area (Å²) in [6, 6.07) is 13.1. The van der Waals surface area contributed by atoms with E-state index in [1.807, 2.05) is 18.2 Å². The van der Waals surface area contributed by atoms with E-state index in [1.165, 1.54) is 12.7 Å². The molecule has 0 fully saturated rings. The van der Waals surface area contributed by atoms with Crippen molar-refractivity contribution in [3.8, 4) is 5.75 Å². The summed E-state index contributed by atoms with van der Waals surface area (Å²) in [5, 5.41) is 3.47. The van der Waals surface area contributed by atoms with E-state index in [4.69, 9.17) is 21.1 Å². The van der Waals surface area contributed by atoms with E-state index in [1.54, 1.807) is 18.2 Å². The van der Waals surface area contributed by atoms with Crippen LogP contribution in [-0.4, -0.2) is 25.6 Å². The van der Waals surface area contributed by atoms with Crippen molar-refractivity contribution in [1.29, 1.82) is 0 Å². The molecule has 1 amide bonds. The van der Waals surface area contributed by atoms with E-state index < -0.39 is 5.97 Å². The number of halogens is 1. The molecule has 1 aliphatic carbocycles. The quantitative estimate of drug-likeness (QED) is 0.769. The summed E-state index contributed by atoms with van der Waals surface area (Å²) in [5.41, 5.74) is 3.03. The number of aryl methyl sites for hydroxylation is 1. The van der Waals surface area contributed by atoms with Crippen molar-refractivity contribution in [2.75, 3.05) is 13.7 Å². The molecule has 2 aromatic carbocycles. The SMILES string of the molecule is COc1ccc(Cl)cc1CC(=O)OCC(=O)N[C@H]1CCCc2ccccc21. The molecule has 3 rings (SSSR count). The highest BCUT2D eigenvalue weighted by Crippen LogP contribution is 2.29. The zero-order valence-corrected chi connectivity index (χ0v) is 15.9. The fourth-order valence-corrected chi connectivity index (χ4v) is 3.57. The van der Waals surface area contributed by atoms with E-state index in [2.05, 4.69) is 11.4 Å². The first-order valence-corrected chi connectivity index (χ1v) is 9.30. The van der Waals surface area contributed by atoms with Gasteiger partial charge in [-0.3, -0.25) is 9.59 Å². The number of esters is 1. The van der Waals surface area contributed by atoms with Crippen molar-refractivity contribution in [3.63, 3.8) is 0 Å². The molecule has 2 aromatic rings. The first kappa shape index (κ1) is 19.2. The van der Waals surface area contributed by atoms with Crippen LogP contribution in [-0.2, 0) is 27.2 Å². The Labute approximate surface area is 163 Å². The van der Waals surface area contributed by atoms with Crippen LogP contribution in [0.25, 0.3) is 0 Å². The Bertz CT molecular complexity index is 837. The van der Waals surface area contributed by atoms with Gasteiger partial charge in [0.1, 0.15) is 5.75 Å². The second kappa shape index (κ2) is 8.91. The normalized spacial score (nSPS) is 15.6. The summed E-state index contributed by atoms with van der Waals surface area (Å²) in [4.78, 5) is 24.3. The Morgan fingerprint density at radius 3 is 2.85 bits per heavy atom. The van der Waals surface area contributed by atoms with Crippen LogP contribution in [0.15, 0.2) is 42.5 Å². The van der Waals surface area contributed by atoms with Crippen LogP contribution >= 0.6 is 11.6 Å². The number of hydrogen-bond donors (Lipinski definition) is 1. The smallest absolute Gasteiger partial charge is 0.310 e. The van der Waals surface area contributed by atoms with Crippen LogP contribution in [0, 0.1) is 0 Å². The number of fused-ring (bicyclic) bond motifs is 1. The highest BCUT2D eigenvalue weighted by molar-refractivity contribution is 6.30. The van der Waals surface area contributed by atoms with Crippen molar-refractivity contribution in [3.05, 3.63) is 64.2 Å². The number of ether oxygens (including phenoxy) is 2. The van der Waals surface area contributed by atoms with Crippen molar-refractivity contribution in [2.45, 2.75) is 31.7 Å². The number of nitrogens with one attached hydrogen (secondary N) is 1. The molecule has 0 saturated heterocycles. The number of hydrogen-bond acceptors (Lipinski definition) is 4. The Hall–Kier alpha value is -2.53. The number of benzene rings is 2. The van der Waals surface area contributed by atoms with Gasteiger partial charge in [0.05, 0.1) is 19.6 Å². The molecule has 0 saturated carbocycles. The second-order valence-electron chi connectivity index (χ2n) is 6.50. The molecule has 0 aliphatic heterocycles. The molecule has 1 atom stereocenters. The highest BCUT2D eigenvalue weighted by atomic mass is 35.5. The molecule has 27 heavy (non-hydrogen) atoms. The topological polar surface area (TPSA) is 64.6 Å². The maximum absolute atomic E-state index is 12.2. The van der Waals surface area contributed by atoms with Crippen molar-refractivity contribution in [2.24, 2.45) is 0 Å². The van der Waals surface area contributed by atoms with Gasteiger partial charge in [0.15, 0.2) is 6.61 Å². The Kier molecular flexibility index (Phi) is 6.35. The van der Waals surface area contributed by atoms with Crippen LogP contribution in [0.5, 0.6) is 5.75 Å². The molecular formula is C21H22ClNO4. The number of rotatable bonds is 6. The molecule has 0 heterocycles. The van der Waals surface area contributed by atoms with E-state index in [0.717, 1.165) is 24.8 Å². The van der Waals surface area contributed by atoms with Gasteiger partial charge in [0.25, 0.3) is 5.91 Å². The first-order valence-electron chi connectivity index (χ1n) is 8.92. The van der Waals surface area contributed by atoms with Gasteiger partial charge in [-0.1, -0.05) is 35.9 Å². The number of carbonyl (C=O) groups excluding carboxylic acids is 2. The summed E-state index contributed by atoms with van der Waals surface area (Å²) in [5.74, 6) is -0.252. The third-order valence-electron chi connectivity index (χ3n) is 4.65. The van der Waals surface area contributed by atoms with Crippen molar-refractivity contribution in [1.82, 2.24) is 5.32 Å². The summed E-state index contributed by atoms with van der Waals surface area (Å²) >= 11 is 5.96. The molecule has 6 heteroatoms. The molecule has 0 aromatic heterocycles. The fraction of sp³-hybridized carbons (Fsp3) is 0.333. The van der Waals surface area contributed by atoms with Gasteiger partial charge in [-0.05, 0) is 48.6 Å². The average Bonchev–Trinajstić information content (AvgIpc) is 2.67. The maximum Gasteiger partial charge on any atom is 0.310 e. The van der Waals surface area contributed by atoms with Gasteiger partial charge in [0.2, 0.25) is 0 Å². The van der Waals surface area contributed by atoms with E-state index in [9.17, 15) is 9.59 Å². The van der Waals surface area contributed by atoms with Gasteiger partial charge in [-0.2, -0.15) is 0 Å². The standard InChI is InChI=1S/C21H22ClNO4/c1-26-19-10-9-16(22)11-15(19)12-21(25)27-13-20(24)23-18-8-4-6-14-5-2-3-7-17(14)18/h2-3,5,7,9-11,18H,4,6,8,12-13H2,1H3,(H,23,24)/t18-/m0/s1. The minimum Gasteiger partial charge on any atom is -0.496 e. The Morgan fingerprint density at radius 2 is 2.04 bits per heavy atom. The Morgan fingerprint density at radius 1 is 1.22 bits per heavy atom. The van der Waals surface area contributed by atoms with Gasteiger partial charge in [-0.25, -0.2) is 0 Å². The van der Waals surface area contributed by atoms with Gasteiger partial charge in [0, 0.05) is 10.6 Å². The van der Waals surface area contributed by atoms with Crippen LogP contribution in [0.3, 0.4) is 0 Å². The number of carbonyl (C=O) groups is 2. The van der Waals surface area contributed by atoms with Crippen LogP contribution < -0.4 is 10.1 Å². The molecule has 0 spiro atoms. The third-order valence-corrected chi connectivity index (χ3v) is 4.88. The van der Waals surface area contributed by atoms with E-state index in [-0.39, 0.29) is 25.0 Å². The average molecular weight is 388 g/mol.